The Morgan fingerprint density at radius 3 is 2.44 bits per heavy atom. The Labute approximate surface area is 147 Å². The lowest BCUT2D eigenvalue weighted by Gasteiger charge is -2.17. The van der Waals surface area contributed by atoms with Crippen molar-refractivity contribution in [3.8, 4) is 5.75 Å². The lowest BCUT2D eigenvalue weighted by molar-refractivity contribution is -0.383. The van der Waals surface area contributed by atoms with Gasteiger partial charge >= 0.3 is 0 Å². The van der Waals surface area contributed by atoms with Crippen LogP contribution < -0.4 is 10.1 Å². The summed E-state index contributed by atoms with van der Waals surface area (Å²) < 4.78 is 5.68. The quantitative estimate of drug-likeness (QED) is 0.622. The lowest BCUT2D eigenvalue weighted by atomic mass is 9.98. The molecule has 2 aromatic rings. The summed E-state index contributed by atoms with van der Waals surface area (Å²) in [5.41, 5.74) is 2.32. The third kappa shape index (κ3) is 4.56. The van der Waals surface area contributed by atoms with Crippen LogP contribution in [0, 0.1) is 17.0 Å². The first-order valence-electron chi connectivity index (χ1n) is 8.11. The minimum atomic E-state index is -0.788. The van der Waals surface area contributed by atoms with Crippen LogP contribution in [0.2, 0.25) is 0 Å². The molecule has 0 radical (unpaired) electrons. The number of aryl methyl sites for hydroxylation is 1. The monoisotopic (exact) mass is 342 g/mol. The number of benzene rings is 2. The summed E-state index contributed by atoms with van der Waals surface area (Å²) in [4.78, 5) is 22.8. The molecule has 0 bridgehead atoms. The number of carbonyl (C=O) groups excluding carboxylic acids is 1. The first kappa shape index (κ1) is 18.4. The molecule has 0 heterocycles. The second-order valence-corrected chi connectivity index (χ2v) is 6.20. The SMILES string of the molecule is Cc1cc(OC(C)C(=O)Nc2ccccc2[N+](=O)[O-])ccc1C(C)C. The third-order valence-electron chi connectivity index (χ3n) is 3.90. The number of nitrogens with one attached hydrogen (secondary N) is 1. The summed E-state index contributed by atoms with van der Waals surface area (Å²) >= 11 is 0. The number of para-hydroxylation sites is 2. The van der Waals surface area contributed by atoms with Crippen molar-refractivity contribution in [2.24, 2.45) is 0 Å². The van der Waals surface area contributed by atoms with Crippen LogP contribution in [0.4, 0.5) is 11.4 Å². The second-order valence-electron chi connectivity index (χ2n) is 6.20. The van der Waals surface area contributed by atoms with Crippen molar-refractivity contribution < 1.29 is 14.5 Å². The highest BCUT2D eigenvalue weighted by Crippen LogP contribution is 2.25. The maximum atomic E-state index is 12.3. The molecule has 1 amide bonds. The standard InChI is InChI=1S/C19H22N2O4/c1-12(2)16-10-9-15(11-13(16)3)25-14(4)19(22)20-17-7-5-6-8-18(17)21(23)24/h5-12,14H,1-4H3,(H,20,22). The van der Waals surface area contributed by atoms with E-state index >= 15 is 0 Å². The van der Waals surface area contributed by atoms with E-state index in [1.165, 1.54) is 17.7 Å². The Balaban J connectivity index is 2.09. The minimum absolute atomic E-state index is 0.152. The Morgan fingerprint density at radius 1 is 1.16 bits per heavy atom. The summed E-state index contributed by atoms with van der Waals surface area (Å²) in [5, 5.41) is 13.6. The van der Waals surface area contributed by atoms with Gasteiger partial charge in [-0.3, -0.25) is 14.9 Å². The van der Waals surface area contributed by atoms with E-state index in [0.717, 1.165) is 5.56 Å². The van der Waals surface area contributed by atoms with E-state index in [4.69, 9.17) is 4.74 Å². The minimum Gasteiger partial charge on any atom is -0.481 e. The number of anilines is 1. The van der Waals surface area contributed by atoms with Gasteiger partial charge in [0.25, 0.3) is 11.6 Å². The van der Waals surface area contributed by atoms with Gasteiger partial charge in [-0.1, -0.05) is 32.0 Å². The number of hydrogen-bond acceptors (Lipinski definition) is 4. The number of nitro groups is 1. The zero-order chi connectivity index (χ0) is 18.6. The van der Waals surface area contributed by atoms with E-state index in [1.807, 2.05) is 25.1 Å². The van der Waals surface area contributed by atoms with Gasteiger partial charge in [0.05, 0.1) is 4.92 Å². The summed E-state index contributed by atoms with van der Waals surface area (Å²) in [5.74, 6) is 0.556. The second kappa shape index (κ2) is 7.79. The topological polar surface area (TPSA) is 81.5 Å². The smallest absolute Gasteiger partial charge is 0.292 e. The molecule has 0 saturated carbocycles. The zero-order valence-corrected chi connectivity index (χ0v) is 14.8. The fourth-order valence-corrected chi connectivity index (χ4v) is 2.60. The molecule has 0 fully saturated rings. The highest BCUT2D eigenvalue weighted by atomic mass is 16.6. The molecule has 1 unspecified atom stereocenters. The van der Waals surface area contributed by atoms with Gasteiger partial charge in [0.2, 0.25) is 0 Å². The average molecular weight is 342 g/mol. The largest absolute Gasteiger partial charge is 0.481 e. The first-order chi connectivity index (χ1) is 11.8. The van der Waals surface area contributed by atoms with E-state index < -0.39 is 16.9 Å². The average Bonchev–Trinajstić information content (AvgIpc) is 2.54. The molecule has 0 saturated heterocycles. The van der Waals surface area contributed by atoms with E-state index in [1.54, 1.807) is 19.1 Å². The van der Waals surface area contributed by atoms with Crippen LogP contribution in [-0.2, 0) is 4.79 Å². The van der Waals surface area contributed by atoms with Gasteiger partial charge in [-0.2, -0.15) is 0 Å². The normalized spacial score (nSPS) is 11.9. The molecule has 2 rings (SSSR count). The highest BCUT2D eigenvalue weighted by Gasteiger charge is 2.20. The molecule has 25 heavy (non-hydrogen) atoms. The number of rotatable bonds is 6. The van der Waals surface area contributed by atoms with Crippen LogP contribution in [0.25, 0.3) is 0 Å². The number of hydrogen-bond donors (Lipinski definition) is 1. The van der Waals surface area contributed by atoms with E-state index in [-0.39, 0.29) is 11.4 Å². The summed E-state index contributed by atoms with van der Waals surface area (Å²) in [6.07, 6.45) is -0.788. The molecule has 0 aliphatic carbocycles. The predicted octanol–water partition coefficient (Wildman–Crippen LogP) is 4.43. The van der Waals surface area contributed by atoms with Crippen molar-refractivity contribution in [3.05, 3.63) is 63.7 Å². The molecule has 0 aliphatic rings. The van der Waals surface area contributed by atoms with Gasteiger partial charge in [-0.15, -0.1) is 0 Å². The van der Waals surface area contributed by atoms with Gasteiger partial charge < -0.3 is 10.1 Å². The zero-order valence-electron chi connectivity index (χ0n) is 14.8. The highest BCUT2D eigenvalue weighted by molar-refractivity contribution is 5.96. The van der Waals surface area contributed by atoms with Crippen molar-refractivity contribution in [1.29, 1.82) is 0 Å². The summed E-state index contributed by atoms with van der Waals surface area (Å²) in [6.45, 7) is 7.84. The maximum Gasteiger partial charge on any atom is 0.292 e. The molecule has 6 nitrogen and oxygen atoms in total. The van der Waals surface area contributed by atoms with Gasteiger partial charge in [-0.25, -0.2) is 0 Å². The molecule has 132 valence electrons. The van der Waals surface area contributed by atoms with Crippen molar-refractivity contribution in [2.75, 3.05) is 5.32 Å². The molecule has 0 aromatic heterocycles. The van der Waals surface area contributed by atoms with Crippen molar-refractivity contribution in [2.45, 2.75) is 39.7 Å². The molecule has 2 aromatic carbocycles. The van der Waals surface area contributed by atoms with Crippen LogP contribution in [0.3, 0.4) is 0 Å². The van der Waals surface area contributed by atoms with Gasteiger partial charge in [-0.05, 0) is 49.1 Å². The number of nitro benzene ring substituents is 1. The fraction of sp³-hybridized carbons (Fsp3) is 0.316. The Kier molecular flexibility index (Phi) is 5.75. The van der Waals surface area contributed by atoms with E-state index in [9.17, 15) is 14.9 Å². The Hall–Kier alpha value is -2.89. The van der Waals surface area contributed by atoms with Crippen LogP contribution in [0.1, 0.15) is 37.8 Å². The molecule has 1 atom stereocenters. The first-order valence-corrected chi connectivity index (χ1v) is 8.11. The molecule has 6 heteroatoms. The maximum absolute atomic E-state index is 12.3. The summed E-state index contributed by atoms with van der Waals surface area (Å²) in [6, 6.07) is 11.7. The predicted molar refractivity (Wildman–Crippen MR) is 97.1 cm³/mol. The van der Waals surface area contributed by atoms with Crippen LogP contribution in [-0.4, -0.2) is 16.9 Å². The molecule has 1 N–H and O–H groups in total. The van der Waals surface area contributed by atoms with Crippen molar-refractivity contribution in [1.82, 2.24) is 0 Å². The Morgan fingerprint density at radius 2 is 1.84 bits per heavy atom. The van der Waals surface area contributed by atoms with Gasteiger partial charge in [0.1, 0.15) is 11.4 Å². The van der Waals surface area contributed by atoms with Crippen LogP contribution >= 0.6 is 0 Å². The van der Waals surface area contributed by atoms with E-state index in [2.05, 4.69) is 19.2 Å². The Bertz CT molecular complexity index is 787. The number of amides is 1. The van der Waals surface area contributed by atoms with Gasteiger partial charge in [0.15, 0.2) is 6.10 Å². The fourth-order valence-electron chi connectivity index (χ4n) is 2.60. The molecular weight excluding hydrogens is 320 g/mol. The third-order valence-corrected chi connectivity index (χ3v) is 3.90. The summed E-state index contributed by atoms with van der Waals surface area (Å²) in [7, 11) is 0. The molecule has 0 aliphatic heterocycles. The molecular formula is C19H22N2O4. The number of nitrogens with zero attached hydrogens (tertiary/aromatic N) is 1. The lowest BCUT2D eigenvalue weighted by Crippen LogP contribution is -2.30. The van der Waals surface area contributed by atoms with Crippen LogP contribution in [0.5, 0.6) is 5.75 Å². The molecule has 0 spiro atoms. The number of ether oxygens (including phenoxy) is 1. The van der Waals surface area contributed by atoms with Gasteiger partial charge in [0, 0.05) is 6.07 Å². The van der Waals surface area contributed by atoms with E-state index in [0.29, 0.717) is 11.7 Å². The van der Waals surface area contributed by atoms with Crippen molar-refractivity contribution >= 4 is 17.3 Å². The van der Waals surface area contributed by atoms with Crippen molar-refractivity contribution in [3.63, 3.8) is 0 Å². The number of carbonyl (C=O) groups is 1. The van der Waals surface area contributed by atoms with Crippen LogP contribution in [0.15, 0.2) is 42.5 Å².